The lowest BCUT2D eigenvalue weighted by Crippen LogP contribution is -2.35. The van der Waals surface area contributed by atoms with Crippen molar-refractivity contribution >= 4 is 39.1 Å². The molecule has 1 heterocycles. The fourth-order valence-electron chi connectivity index (χ4n) is 1.89. The van der Waals surface area contributed by atoms with Gasteiger partial charge in [0.15, 0.2) is 0 Å². The minimum Gasteiger partial charge on any atom is -0.380 e. The predicted octanol–water partition coefficient (Wildman–Crippen LogP) is 2.42. The molecule has 2 N–H and O–H groups in total. The molecule has 18 heavy (non-hydrogen) atoms. The molecule has 0 bridgehead atoms. The van der Waals surface area contributed by atoms with Gasteiger partial charge in [0.2, 0.25) is 5.91 Å². The van der Waals surface area contributed by atoms with E-state index >= 15 is 0 Å². The third-order valence-electron chi connectivity index (χ3n) is 2.93. The van der Waals surface area contributed by atoms with Gasteiger partial charge in [0.05, 0.1) is 17.8 Å². The standard InChI is InChI=1S/C12H14BrClN2O2/c1-18-8-5-11(15-6-8)12(17)16-10-3-2-7(14)4-9(10)13/h2-4,8,11,15H,5-6H2,1H3,(H,16,17). The van der Waals surface area contributed by atoms with Crippen LogP contribution >= 0.6 is 27.5 Å². The van der Waals surface area contributed by atoms with E-state index in [2.05, 4.69) is 26.6 Å². The van der Waals surface area contributed by atoms with E-state index in [0.29, 0.717) is 23.7 Å². The van der Waals surface area contributed by atoms with Gasteiger partial charge < -0.3 is 15.4 Å². The first-order valence-electron chi connectivity index (χ1n) is 5.62. The summed E-state index contributed by atoms with van der Waals surface area (Å²) in [6.07, 6.45) is 0.794. The largest absolute Gasteiger partial charge is 0.380 e. The number of hydrogen-bond donors (Lipinski definition) is 2. The normalized spacial score (nSPS) is 23.1. The van der Waals surface area contributed by atoms with Crippen LogP contribution in [0.25, 0.3) is 0 Å². The van der Waals surface area contributed by atoms with Crippen LogP contribution in [0.4, 0.5) is 5.69 Å². The molecule has 1 aromatic carbocycles. The summed E-state index contributed by atoms with van der Waals surface area (Å²) in [5.74, 6) is -0.0578. The van der Waals surface area contributed by atoms with Gasteiger partial charge in [-0.1, -0.05) is 11.6 Å². The Morgan fingerprint density at radius 3 is 3.00 bits per heavy atom. The minimum absolute atomic E-state index is 0.0578. The SMILES string of the molecule is COC1CNC(C(=O)Nc2ccc(Cl)cc2Br)C1. The summed E-state index contributed by atoms with van der Waals surface area (Å²) in [4.78, 5) is 12.0. The predicted molar refractivity (Wildman–Crippen MR) is 75.0 cm³/mol. The highest BCUT2D eigenvalue weighted by molar-refractivity contribution is 9.10. The average molecular weight is 334 g/mol. The molecule has 2 rings (SSSR count). The van der Waals surface area contributed by atoms with Crippen LogP contribution in [0.1, 0.15) is 6.42 Å². The van der Waals surface area contributed by atoms with E-state index in [0.717, 1.165) is 4.47 Å². The third kappa shape index (κ3) is 3.23. The number of nitrogens with one attached hydrogen (secondary N) is 2. The number of carbonyl (C=O) groups is 1. The van der Waals surface area contributed by atoms with Crippen LogP contribution in [0.15, 0.2) is 22.7 Å². The number of halogens is 2. The van der Waals surface area contributed by atoms with Crippen LogP contribution in [0.5, 0.6) is 0 Å². The molecule has 1 amide bonds. The van der Waals surface area contributed by atoms with Crippen molar-refractivity contribution in [1.29, 1.82) is 0 Å². The second-order valence-electron chi connectivity index (χ2n) is 4.17. The maximum atomic E-state index is 12.0. The summed E-state index contributed by atoms with van der Waals surface area (Å²) in [5, 5.41) is 6.61. The van der Waals surface area contributed by atoms with Gasteiger partial charge >= 0.3 is 0 Å². The highest BCUT2D eigenvalue weighted by Crippen LogP contribution is 2.26. The van der Waals surface area contributed by atoms with Crippen molar-refractivity contribution < 1.29 is 9.53 Å². The van der Waals surface area contributed by atoms with Crippen molar-refractivity contribution in [3.63, 3.8) is 0 Å². The van der Waals surface area contributed by atoms with E-state index in [4.69, 9.17) is 16.3 Å². The molecule has 1 fully saturated rings. The van der Waals surface area contributed by atoms with Crippen LogP contribution in [0.3, 0.4) is 0 Å². The molecule has 0 aromatic heterocycles. The van der Waals surface area contributed by atoms with Crippen LogP contribution in [-0.2, 0) is 9.53 Å². The van der Waals surface area contributed by atoms with Crippen molar-refractivity contribution in [2.75, 3.05) is 19.0 Å². The van der Waals surface area contributed by atoms with Crippen molar-refractivity contribution in [3.05, 3.63) is 27.7 Å². The summed E-state index contributed by atoms with van der Waals surface area (Å²) < 4.78 is 5.98. The van der Waals surface area contributed by atoms with Crippen LogP contribution < -0.4 is 10.6 Å². The first kappa shape index (κ1) is 13.8. The molecule has 0 spiro atoms. The first-order valence-corrected chi connectivity index (χ1v) is 6.79. The molecule has 1 aliphatic rings. The van der Waals surface area contributed by atoms with Gasteiger partial charge in [-0.15, -0.1) is 0 Å². The van der Waals surface area contributed by atoms with Crippen LogP contribution in [0.2, 0.25) is 5.02 Å². The molecule has 98 valence electrons. The topological polar surface area (TPSA) is 50.4 Å². The maximum absolute atomic E-state index is 12.0. The first-order chi connectivity index (χ1) is 8.60. The Balaban J connectivity index is 1.99. The van der Waals surface area contributed by atoms with Gasteiger partial charge in [-0.2, -0.15) is 0 Å². The lowest BCUT2D eigenvalue weighted by Gasteiger charge is -2.12. The quantitative estimate of drug-likeness (QED) is 0.893. The van der Waals surface area contributed by atoms with Gasteiger partial charge in [-0.25, -0.2) is 0 Å². The van der Waals surface area contributed by atoms with Gasteiger partial charge in [0.1, 0.15) is 0 Å². The van der Waals surface area contributed by atoms with Crippen molar-refractivity contribution in [3.8, 4) is 0 Å². The molecular weight excluding hydrogens is 320 g/mol. The Labute approximate surface area is 119 Å². The monoisotopic (exact) mass is 332 g/mol. The van der Waals surface area contributed by atoms with E-state index in [1.54, 1.807) is 25.3 Å². The summed E-state index contributed by atoms with van der Waals surface area (Å²) in [5.41, 5.74) is 0.715. The molecule has 2 atom stereocenters. The number of amides is 1. The summed E-state index contributed by atoms with van der Waals surface area (Å²) in [6, 6.07) is 5.05. The summed E-state index contributed by atoms with van der Waals surface area (Å²) >= 11 is 9.21. The zero-order chi connectivity index (χ0) is 13.1. The number of anilines is 1. The Hall–Kier alpha value is -0.620. The van der Waals surface area contributed by atoms with E-state index in [-0.39, 0.29) is 18.1 Å². The Morgan fingerprint density at radius 1 is 1.61 bits per heavy atom. The Morgan fingerprint density at radius 2 is 2.39 bits per heavy atom. The van der Waals surface area contributed by atoms with E-state index in [9.17, 15) is 4.79 Å². The second-order valence-corrected chi connectivity index (χ2v) is 5.46. The molecule has 4 nitrogen and oxygen atoms in total. The van der Waals surface area contributed by atoms with E-state index in [1.165, 1.54) is 0 Å². The molecule has 0 radical (unpaired) electrons. The molecule has 1 aromatic rings. The highest BCUT2D eigenvalue weighted by atomic mass is 79.9. The summed E-state index contributed by atoms with van der Waals surface area (Å²) in [6.45, 7) is 0.705. The summed E-state index contributed by atoms with van der Waals surface area (Å²) in [7, 11) is 1.66. The average Bonchev–Trinajstić information content (AvgIpc) is 2.81. The van der Waals surface area contributed by atoms with Gasteiger partial charge in [-0.05, 0) is 40.5 Å². The molecule has 6 heteroatoms. The van der Waals surface area contributed by atoms with E-state index < -0.39 is 0 Å². The van der Waals surface area contributed by atoms with Crippen molar-refractivity contribution in [2.45, 2.75) is 18.6 Å². The number of carbonyl (C=O) groups excluding carboxylic acids is 1. The fourth-order valence-corrected chi connectivity index (χ4v) is 2.68. The van der Waals surface area contributed by atoms with E-state index in [1.807, 2.05) is 0 Å². The lowest BCUT2D eigenvalue weighted by molar-refractivity contribution is -0.118. The highest BCUT2D eigenvalue weighted by Gasteiger charge is 2.29. The number of ether oxygens (including phenoxy) is 1. The molecular formula is C12H14BrClN2O2. The maximum Gasteiger partial charge on any atom is 0.241 e. The number of hydrogen-bond acceptors (Lipinski definition) is 3. The zero-order valence-electron chi connectivity index (χ0n) is 9.87. The molecule has 1 aliphatic heterocycles. The van der Waals surface area contributed by atoms with Gasteiger partial charge in [0, 0.05) is 23.1 Å². The van der Waals surface area contributed by atoms with Gasteiger partial charge in [-0.3, -0.25) is 4.79 Å². The minimum atomic E-state index is -0.211. The zero-order valence-corrected chi connectivity index (χ0v) is 12.2. The second kappa shape index (κ2) is 6.02. The number of methoxy groups -OCH3 is 1. The third-order valence-corrected chi connectivity index (χ3v) is 3.82. The van der Waals surface area contributed by atoms with Crippen LogP contribution in [-0.4, -0.2) is 31.7 Å². The number of rotatable bonds is 3. The Bertz CT molecular complexity index is 456. The Kier molecular flexibility index (Phi) is 4.61. The van der Waals surface area contributed by atoms with Crippen LogP contribution in [0, 0.1) is 0 Å². The number of benzene rings is 1. The molecule has 0 aliphatic carbocycles. The van der Waals surface area contributed by atoms with Crippen molar-refractivity contribution in [1.82, 2.24) is 5.32 Å². The van der Waals surface area contributed by atoms with Gasteiger partial charge in [0.25, 0.3) is 0 Å². The molecule has 1 saturated heterocycles. The molecule has 0 saturated carbocycles. The fraction of sp³-hybridized carbons (Fsp3) is 0.417. The lowest BCUT2D eigenvalue weighted by atomic mass is 10.2. The smallest absolute Gasteiger partial charge is 0.241 e. The van der Waals surface area contributed by atoms with Crippen molar-refractivity contribution in [2.24, 2.45) is 0 Å². The molecule has 2 unspecified atom stereocenters.